The number of hydrogen-bond acceptors (Lipinski definition) is 4. The zero-order valence-electron chi connectivity index (χ0n) is 13.8. The Morgan fingerprint density at radius 3 is 2.57 bits per heavy atom. The monoisotopic (exact) mass is 405 g/mol. The summed E-state index contributed by atoms with van der Waals surface area (Å²) in [6, 6.07) is 3.43. The van der Waals surface area contributed by atoms with Crippen molar-refractivity contribution in [1.29, 1.82) is 0 Å². The highest BCUT2D eigenvalue weighted by Crippen LogP contribution is 2.26. The minimum Gasteiger partial charge on any atom is -0.475 e. The van der Waals surface area contributed by atoms with Crippen LogP contribution in [0.2, 0.25) is 5.15 Å². The maximum absolute atomic E-state index is 12.1. The predicted octanol–water partition coefficient (Wildman–Crippen LogP) is 5.56. The van der Waals surface area contributed by atoms with Gasteiger partial charge >= 0.3 is 5.97 Å². The summed E-state index contributed by atoms with van der Waals surface area (Å²) in [4.78, 5) is 16.1. The Kier molecular flexibility index (Phi) is 10.3. The van der Waals surface area contributed by atoms with Crippen LogP contribution in [0.3, 0.4) is 0 Å². The maximum atomic E-state index is 12.1. The molecule has 0 saturated heterocycles. The molecule has 1 aromatic heterocycles. The Balaban J connectivity index is 2.56. The number of rotatable bonds is 11. The molecule has 1 rings (SSSR count). The van der Waals surface area contributed by atoms with E-state index in [9.17, 15) is 4.79 Å². The number of unbranched alkanes of at least 4 members (excludes halogenated alkanes) is 5. The molecular formula is C17H25BrClNO3. The lowest BCUT2D eigenvalue weighted by Crippen LogP contribution is -2.29. The molecule has 0 spiro atoms. The van der Waals surface area contributed by atoms with Gasteiger partial charge < -0.3 is 9.47 Å². The minimum atomic E-state index is -0.637. The first kappa shape index (κ1) is 20.2. The molecule has 0 aromatic carbocycles. The van der Waals surface area contributed by atoms with Crippen LogP contribution in [0.5, 0.6) is 5.75 Å². The summed E-state index contributed by atoms with van der Waals surface area (Å²) in [6.45, 7) is 4.32. The number of pyridine rings is 1. The van der Waals surface area contributed by atoms with Crippen LogP contribution in [-0.2, 0) is 9.53 Å². The quantitative estimate of drug-likeness (QED) is 0.274. The van der Waals surface area contributed by atoms with Crippen LogP contribution in [0.4, 0.5) is 0 Å². The van der Waals surface area contributed by atoms with Gasteiger partial charge in [-0.1, -0.05) is 50.6 Å². The molecule has 0 aliphatic carbocycles. The zero-order chi connectivity index (χ0) is 17.1. The fourth-order valence-corrected chi connectivity index (χ4v) is 2.82. The van der Waals surface area contributed by atoms with Crippen molar-refractivity contribution in [3.63, 3.8) is 0 Å². The van der Waals surface area contributed by atoms with E-state index in [-0.39, 0.29) is 11.1 Å². The molecule has 130 valence electrons. The van der Waals surface area contributed by atoms with Crippen molar-refractivity contribution in [2.24, 2.45) is 0 Å². The maximum Gasteiger partial charge on any atom is 0.347 e. The zero-order valence-corrected chi connectivity index (χ0v) is 16.2. The molecule has 1 unspecified atom stereocenters. The summed E-state index contributed by atoms with van der Waals surface area (Å²) in [7, 11) is 0. The molecule has 0 aliphatic rings. The molecule has 0 amide bonds. The van der Waals surface area contributed by atoms with Gasteiger partial charge in [0.05, 0.1) is 6.61 Å². The van der Waals surface area contributed by atoms with Crippen molar-refractivity contribution in [3.05, 3.63) is 21.9 Å². The third-order valence-electron chi connectivity index (χ3n) is 3.42. The second kappa shape index (κ2) is 11.7. The average molecular weight is 407 g/mol. The van der Waals surface area contributed by atoms with E-state index in [0.717, 1.165) is 12.8 Å². The Hall–Kier alpha value is -0.810. The van der Waals surface area contributed by atoms with Gasteiger partial charge in [0.15, 0.2) is 17.0 Å². The SMILES string of the molecule is CCCCCCCCC(Oc1ccc(Br)nc1Cl)C(=O)OCC. The number of aromatic nitrogens is 1. The first-order chi connectivity index (χ1) is 11.1. The second-order valence-corrected chi connectivity index (χ2v) is 6.51. The number of ether oxygens (including phenoxy) is 2. The van der Waals surface area contributed by atoms with Gasteiger partial charge in [-0.15, -0.1) is 0 Å². The van der Waals surface area contributed by atoms with Crippen LogP contribution in [0, 0.1) is 0 Å². The van der Waals surface area contributed by atoms with Crippen molar-refractivity contribution in [1.82, 2.24) is 4.98 Å². The Bertz CT molecular complexity index is 485. The molecule has 1 atom stereocenters. The Morgan fingerprint density at radius 2 is 1.91 bits per heavy atom. The highest BCUT2D eigenvalue weighted by molar-refractivity contribution is 9.10. The molecule has 1 aromatic rings. The number of nitrogens with zero attached hydrogens (tertiary/aromatic N) is 1. The van der Waals surface area contributed by atoms with E-state index in [4.69, 9.17) is 21.1 Å². The smallest absolute Gasteiger partial charge is 0.347 e. The normalized spacial score (nSPS) is 12.0. The predicted molar refractivity (Wildman–Crippen MR) is 96.0 cm³/mol. The van der Waals surface area contributed by atoms with Gasteiger partial charge in [-0.2, -0.15) is 0 Å². The number of carbonyl (C=O) groups is 1. The van der Waals surface area contributed by atoms with Gasteiger partial charge in [-0.25, -0.2) is 9.78 Å². The summed E-state index contributed by atoms with van der Waals surface area (Å²) in [5.74, 6) is 0.0546. The minimum absolute atomic E-state index is 0.233. The van der Waals surface area contributed by atoms with Crippen molar-refractivity contribution >= 4 is 33.5 Å². The van der Waals surface area contributed by atoms with Gasteiger partial charge in [0.25, 0.3) is 0 Å². The first-order valence-electron chi connectivity index (χ1n) is 8.23. The fraction of sp³-hybridized carbons (Fsp3) is 0.647. The summed E-state index contributed by atoms with van der Waals surface area (Å²) < 4.78 is 11.5. The van der Waals surface area contributed by atoms with Crippen LogP contribution in [0.1, 0.15) is 58.8 Å². The van der Waals surface area contributed by atoms with Gasteiger partial charge in [-0.3, -0.25) is 0 Å². The van der Waals surface area contributed by atoms with E-state index in [0.29, 0.717) is 23.4 Å². The first-order valence-corrected chi connectivity index (χ1v) is 9.40. The lowest BCUT2D eigenvalue weighted by molar-refractivity contribution is -0.151. The summed E-state index contributed by atoms with van der Waals surface area (Å²) in [5, 5.41) is 0.233. The van der Waals surface area contributed by atoms with E-state index in [1.54, 1.807) is 19.1 Å². The van der Waals surface area contributed by atoms with E-state index in [1.807, 2.05) is 0 Å². The Labute approximate surface area is 152 Å². The molecule has 1 heterocycles. The highest BCUT2D eigenvalue weighted by Gasteiger charge is 2.22. The molecule has 0 aliphatic heterocycles. The topological polar surface area (TPSA) is 48.4 Å². The molecule has 0 radical (unpaired) electrons. The van der Waals surface area contributed by atoms with Crippen LogP contribution in [0.25, 0.3) is 0 Å². The average Bonchev–Trinajstić information content (AvgIpc) is 2.51. The van der Waals surface area contributed by atoms with Gasteiger partial charge in [0.1, 0.15) is 4.60 Å². The third kappa shape index (κ3) is 8.02. The van der Waals surface area contributed by atoms with Crippen molar-refractivity contribution < 1.29 is 14.3 Å². The van der Waals surface area contributed by atoms with Crippen LogP contribution in [-0.4, -0.2) is 23.7 Å². The van der Waals surface area contributed by atoms with E-state index >= 15 is 0 Å². The number of hydrogen-bond donors (Lipinski definition) is 0. The van der Waals surface area contributed by atoms with Crippen LogP contribution < -0.4 is 4.74 Å². The molecule has 4 nitrogen and oxygen atoms in total. The van der Waals surface area contributed by atoms with E-state index in [2.05, 4.69) is 27.8 Å². The van der Waals surface area contributed by atoms with Gasteiger partial charge in [-0.05, 0) is 47.8 Å². The van der Waals surface area contributed by atoms with Gasteiger partial charge in [0.2, 0.25) is 0 Å². The molecule has 23 heavy (non-hydrogen) atoms. The molecule has 6 heteroatoms. The lowest BCUT2D eigenvalue weighted by Gasteiger charge is -2.18. The van der Waals surface area contributed by atoms with Crippen LogP contribution >= 0.6 is 27.5 Å². The lowest BCUT2D eigenvalue weighted by atomic mass is 10.1. The number of carbonyl (C=O) groups excluding carboxylic acids is 1. The number of esters is 1. The van der Waals surface area contributed by atoms with E-state index in [1.165, 1.54) is 25.7 Å². The van der Waals surface area contributed by atoms with Crippen LogP contribution in [0.15, 0.2) is 16.7 Å². The van der Waals surface area contributed by atoms with Crippen molar-refractivity contribution in [3.8, 4) is 5.75 Å². The fourth-order valence-electron chi connectivity index (χ4n) is 2.21. The molecule has 0 saturated carbocycles. The molecule has 0 fully saturated rings. The summed E-state index contributed by atoms with van der Waals surface area (Å²) in [5.41, 5.74) is 0. The molecule has 0 N–H and O–H groups in total. The highest BCUT2D eigenvalue weighted by atomic mass is 79.9. The summed E-state index contributed by atoms with van der Waals surface area (Å²) >= 11 is 9.30. The number of halogens is 2. The standard InChI is InChI=1S/C17H25BrClNO3/c1-3-5-6-7-8-9-10-14(17(21)22-4-2)23-13-11-12-15(18)20-16(13)19/h11-12,14H,3-10H2,1-2H3. The Morgan fingerprint density at radius 1 is 1.22 bits per heavy atom. The molecule has 0 bridgehead atoms. The molecular weight excluding hydrogens is 382 g/mol. The van der Waals surface area contributed by atoms with Crippen molar-refractivity contribution in [2.45, 2.75) is 64.9 Å². The van der Waals surface area contributed by atoms with Crippen molar-refractivity contribution in [2.75, 3.05) is 6.61 Å². The van der Waals surface area contributed by atoms with Gasteiger partial charge in [0, 0.05) is 0 Å². The summed E-state index contributed by atoms with van der Waals surface area (Å²) in [6.07, 6.45) is 6.91. The third-order valence-corrected chi connectivity index (χ3v) is 4.13. The van der Waals surface area contributed by atoms with E-state index < -0.39 is 6.10 Å². The largest absolute Gasteiger partial charge is 0.475 e. The second-order valence-electron chi connectivity index (χ2n) is 5.34.